The summed E-state index contributed by atoms with van der Waals surface area (Å²) in [6.07, 6.45) is -1.47. The van der Waals surface area contributed by atoms with Crippen molar-refractivity contribution in [2.45, 2.75) is 106 Å². The minimum atomic E-state index is -1.88. The van der Waals surface area contributed by atoms with Crippen molar-refractivity contribution >= 4 is 24.1 Å². The Morgan fingerprint density at radius 3 is 1.79 bits per heavy atom. The smallest absolute Gasteiger partial charge is 0.480 e. The van der Waals surface area contributed by atoms with Crippen molar-refractivity contribution in [3.63, 3.8) is 0 Å². The number of carboxylic acid groups (broad SMARTS) is 1. The van der Waals surface area contributed by atoms with Gasteiger partial charge in [0.15, 0.2) is 11.5 Å². The molecule has 10 heteroatoms. The first kappa shape index (κ1) is 33.9. The van der Waals surface area contributed by atoms with Crippen LogP contribution in [0, 0.1) is 16.7 Å². The van der Waals surface area contributed by atoms with E-state index in [2.05, 4.69) is 0 Å². The van der Waals surface area contributed by atoms with Crippen LogP contribution in [0.1, 0.15) is 88.1 Å². The first-order chi connectivity index (χ1) is 17.5. The largest absolute Gasteiger partial charge is 0.509 e. The van der Waals surface area contributed by atoms with Crippen LogP contribution >= 0.6 is 0 Å². The quantitative estimate of drug-likeness (QED) is 0.290. The molecule has 0 aliphatic heterocycles. The zero-order chi connectivity index (χ0) is 30.6. The van der Waals surface area contributed by atoms with Crippen LogP contribution in [-0.2, 0) is 30.3 Å². The molecule has 0 aliphatic carbocycles. The normalized spacial score (nSPS) is 15.4. The van der Waals surface area contributed by atoms with E-state index in [0.717, 1.165) is 0 Å². The second kappa shape index (κ2) is 12.4. The number of aliphatic carboxylic acids is 1. The Bertz CT molecular complexity index is 1070. The summed E-state index contributed by atoms with van der Waals surface area (Å²) < 4.78 is 21.7. The van der Waals surface area contributed by atoms with Gasteiger partial charge in [0.2, 0.25) is 0 Å². The summed E-state index contributed by atoms with van der Waals surface area (Å²) >= 11 is 0. The van der Waals surface area contributed by atoms with Crippen molar-refractivity contribution in [1.82, 2.24) is 0 Å². The monoisotopic (exact) mass is 551 g/mol. The Hall–Kier alpha value is -3.14. The third kappa shape index (κ3) is 9.53. The number of esters is 2. The molecule has 0 fully saturated rings. The Balaban J connectivity index is 3.35. The molecule has 10 nitrogen and oxygen atoms in total. The molecule has 39 heavy (non-hydrogen) atoms. The third-order valence-corrected chi connectivity index (χ3v) is 6.54. The van der Waals surface area contributed by atoms with Crippen LogP contribution in [0.3, 0.4) is 0 Å². The van der Waals surface area contributed by atoms with Crippen molar-refractivity contribution in [2.75, 3.05) is 0 Å². The number of carbonyl (C=O) groups excluding carboxylic acids is 3. The summed E-state index contributed by atoms with van der Waals surface area (Å²) in [7, 11) is 0. The molecule has 0 saturated heterocycles. The standard InChI is InChI=1S/C29H45NO9/c1-12-28(10,11)39-25(35)36-18(3)17(2)29(30,22(31)32)16-19-13-14-20(37-23(33)26(4,5)6)21(15-19)38-24(34)27(7,8)9/h13-15,17-18H,12,16,30H2,1-11H3,(H,31,32)/t17-,18+,29-/m1/s1. The number of carbonyl (C=O) groups is 4. The van der Waals surface area contributed by atoms with Gasteiger partial charge in [-0.25, -0.2) is 4.79 Å². The molecule has 0 aliphatic rings. The van der Waals surface area contributed by atoms with Gasteiger partial charge in [-0.1, -0.05) is 19.9 Å². The minimum absolute atomic E-state index is 0.0141. The molecule has 220 valence electrons. The molecule has 0 amide bonds. The lowest BCUT2D eigenvalue weighted by molar-refractivity contribution is -0.148. The number of rotatable bonds is 10. The van der Waals surface area contributed by atoms with Gasteiger partial charge in [0.05, 0.1) is 10.8 Å². The first-order valence-corrected chi connectivity index (χ1v) is 13.0. The second-order valence-corrected chi connectivity index (χ2v) is 12.7. The lowest BCUT2D eigenvalue weighted by Gasteiger charge is -2.35. The van der Waals surface area contributed by atoms with Crippen LogP contribution in [0.4, 0.5) is 4.79 Å². The van der Waals surface area contributed by atoms with Crippen molar-refractivity contribution in [2.24, 2.45) is 22.5 Å². The predicted molar refractivity (Wildman–Crippen MR) is 145 cm³/mol. The van der Waals surface area contributed by atoms with Crippen molar-refractivity contribution < 1.29 is 43.2 Å². The van der Waals surface area contributed by atoms with Gasteiger partial charge < -0.3 is 29.8 Å². The summed E-state index contributed by atoms with van der Waals surface area (Å²) in [5.74, 6) is -3.32. The van der Waals surface area contributed by atoms with Crippen LogP contribution in [0.2, 0.25) is 0 Å². The number of nitrogens with two attached hydrogens (primary N) is 1. The Morgan fingerprint density at radius 1 is 0.872 bits per heavy atom. The molecule has 0 bridgehead atoms. The topological polar surface area (TPSA) is 151 Å². The molecule has 0 saturated carbocycles. The molecular weight excluding hydrogens is 506 g/mol. The minimum Gasteiger partial charge on any atom is -0.480 e. The van der Waals surface area contributed by atoms with Gasteiger partial charge in [0.1, 0.15) is 17.2 Å². The fourth-order valence-electron chi connectivity index (χ4n) is 3.10. The highest BCUT2D eigenvalue weighted by atomic mass is 16.7. The maximum absolute atomic E-state index is 12.7. The van der Waals surface area contributed by atoms with Crippen molar-refractivity contribution in [3.8, 4) is 11.5 Å². The van der Waals surface area contributed by atoms with Crippen LogP contribution in [-0.4, -0.2) is 46.4 Å². The van der Waals surface area contributed by atoms with E-state index in [0.29, 0.717) is 12.0 Å². The fraction of sp³-hybridized carbons (Fsp3) is 0.655. The summed E-state index contributed by atoms with van der Waals surface area (Å²) in [6.45, 7) is 18.5. The molecule has 1 aromatic rings. The van der Waals surface area contributed by atoms with E-state index < -0.39 is 58.1 Å². The number of benzene rings is 1. The molecule has 3 N–H and O–H groups in total. The highest BCUT2D eigenvalue weighted by molar-refractivity contribution is 5.82. The molecule has 0 unspecified atom stereocenters. The molecule has 3 atom stereocenters. The molecule has 0 aromatic heterocycles. The molecule has 1 rings (SSSR count). The Kier molecular flexibility index (Phi) is 10.7. The van der Waals surface area contributed by atoms with E-state index in [4.69, 9.17) is 24.7 Å². The number of ether oxygens (including phenoxy) is 4. The maximum atomic E-state index is 12.7. The molecular formula is C29H45NO9. The maximum Gasteiger partial charge on any atom is 0.509 e. The predicted octanol–water partition coefficient (Wildman–Crippen LogP) is 5.28. The highest BCUT2D eigenvalue weighted by Gasteiger charge is 2.44. The van der Waals surface area contributed by atoms with Gasteiger partial charge in [-0.2, -0.15) is 0 Å². The fourth-order valence-corrected chi connectivity index (χ4v) is 3.10. The molecule has 0 heterocycles. The van der Waals surface area contributed by atoms with Crippen LogP contribution in [0.25, 0.3) is 0 Å². The Morgan fingerprint density at radius 2 is 1.36 bits per heavy atom. The van der Waals surface area contributed by atoms with Gasteiger partial charge in [0.25, 0.3) is 0 Å². The summed E-state index contributed by atoms with van der Waals surface area (Å²) in [5, 5.41) is 10.1. The summed E-state index contributed by atoms with van der Waals surface area (Å²) in [6, 6.07) is 4.40. The Labute approximate surface area is 231 Å². The van der Waals surface area contributed by atoms with Gasteiger partial charge in [-0.3, -0.25) is 14.4 Å². The summed E-state index contributed by atoms with van der Waals surface area (Å²) in [5.41, 5.74) is 2.52. The van der Waals surface area contributed by atoms with Gasteiger partial charge in [-0.05, 0) is 86.4 Å². The van der Waals surface area contributed by atoms with E-state index in [-0.39, 0.29) is 17.9 Å². The number of carboxylic acids is 1. The number of hydrogen-bond acceptors (Lipinski definition) is 9. The lowest BCUT2D eigenvalue weighted by atomic mass is 9.78. The van der Waals surface area contributed by atoms with E-state index >= 15 is 0 Å². The van der Waals surface area contributed by atoms with E-state index in [9.17, 15) is 24.3 Å². The molecule has 0 spiro atoms. The van der Waals surface area contributed by atoms with Gasteiger partial charge in [-0.15, -0.1) is 0 Å². The van der Waals surface area contributed by atoms with Crippen LogP contribution in [0.15, 0.2) is 18.2 Å². The zero-order valence-corrected chi connectivity index (χ0v) is 25.1. The first-order valence-electron chi connectivity index (χ1n) is 13.0. The SMILES string of the molecule is CCC(C)(C)OC(=O)O[C@@H](C)[C@@H](C)[C@](N)(Cc1ccc(OC(=O)C(C)(C)C)c(OC(=O)C(C)(C)C)c1)C(=O)O. The third-order valence-electron chi connectivity index (χ3n) is 6.54. The average molecular weight is 552 g/mol. The van der Waals surface area contributed by atoms with Crippen molar-refractivity contribution in [1.29, 1.82) is 0 Å². The van der Waals surface area contributed by atoms with Gasteiger partial charge >= 0.3 is 24.1 Å². The van der Waals surface area contributed by atoms with Crippen LogP contribution in [0.5, 0.6) is 11.5 Å². The van der Waals surface area contributed by atoms with Crippen LogP contribution < -0.4 is 15.2 Å². The zero-order valence-electron chi connectivity index (χ0n) is 25.1. The number of hydrogen-bond donors (Lipinski definition) is 2. The van der Waals surface area contributed by atoms with Gasteiger partial charge in [0, 0.05) is 12.3 Å². The van der Waals surface area contributed by atoms with Crippen molar-refractivity contribution in [3.05, 3.63) is 23.8 Å². The average Bonchev–Trinajstić information content (AvgIpc) is 2.78. The highest BCUT2D eigenvalue weighted by Crippen LogP contribution is 2.35. The second-order valence-electron chi connectivity index (χ2n) is 12.7. The summed E-state index contributed by atoms with van der Waals surface area (Å²) in [4.78, 5) is 49.9. The van der Waals surface area contributed by atoms with E-state index in [1.807, 2.05) is 6.92 Å². The lowest BCUT2D eigenvalue weighted by Crippen LogP contribution is -2.58. The molecule has 1 aromatic carbocycles. The van der Waals surface area contributed by atoms with E-state index in [1.165, 1.54) is 12.1 Å². The molecule has 0 radical (unpaired) electrons. The van der Waals surface area contributed by atoms with E-state index in [1.54, 1.807) is 75.3 Å².